The van der Waals surface area contributed by atoms with Gasteiger partial charge in [0.15, 0.2) is 0 Å². The van der Waals surface area contributed by atoms with Crippen molar-refractivity contribution in [2.45, 2.75) is 6.61 Å². The van der Waals surface area contributed by atoms with Crippen molar-refractivity contribution >= 4 is 17.4 Å². The molecule has 7 heteroatoms. The zero-order valence-electron chi connectivity index (χ0n) is 16.6. The summed E-state index contributed by atoms with van der Waals surface area (Å²) in [5.74, 6) is 1.12. The number of rotatable bonds is 9. The SMILES string of the molecule is CN(C)CCNC(=O)c1cnc(Nc2ccc(OCc3ccccc3)cc2)cn1. The standard InChI is InChI=1S/C22H25N5O2/c1-27(2)13-12-23-22(28)20-14-25-21(15-24-20)26-18-8-10-19(11-9-18)29-16-17-6-4-3-5-7-17/h3-11,14-15H,12-13,16H2,1-2H3,(H,23,28)(H,25,26). The molecular formula is C22H25N5O2. The minimum atomic E-state index is -0.231. The van der Waals surface area contributed by atoms with Crippen LogP contribution in [0.5, 0.6) is 5.75 Å². The molecule has 0 bridgehead atoms. The monoisotopic (exact) mass is 391 g/mol. The highest BCUT2D eigenvalue weighted by Gasteiger charge is 2.08. The van der Waals surface area contributed by atoms with Gasteiger partial charge in [0.1, 0.15) is 23.9 Å². The van der Waals surface area contributed by atoms with Crippen LogP contribution in [0.15, 0.2) is 67.0 Å². The fraction of sp³-hybridized carbons (Fsp3) is 0.227. The highest BCUT2D eigenvalue weighted by molar-refractivity contribution is 5.92. The number of anilines is 2. The van der Waals surface area contributed by atoms with Gasteiger partial charge in [-0.05, 0) is 43.9 Å². The lowest BCUT2D eigenvalue weighted by atomic mass is 10.2. The van der Waals surface area contributed by atoms with Gasteiger partial charge in [-0.25, -0.2) is 9.97 Å². The topological polar surface area (TPSA) is 79.4 Å². The predicted octanol–water partition coefficient (Wildman–Crippen LogP) is 3.09. The van der Waals surface area contributed by atoms with Crippen molar-refractivity contribution in [1.82, 2.24) is 20.2 Å². The number of likely N-dealkylation sites (N-methyl/N-ethyl adjacent to an activating group) is 1. The van der Waals surface area contributed by atoms with E-state index in [0.717, 1.165) is 23.5 Å². The molecule has 0 saturated heterocycles. The molecule has 2 aromatic carbocycles. The van der Waals surface area contributed by atoms with Gasteiger partial charge in [0, 0.05) is 18.8 Å². The summed E-state index contributed by atoms with van der Waals surface area (Å²) >= 11 is 0. The molecule has 0 atom stereocenters. The molecular weight excluding hydrogens is 366 g/mol. The second-order valence-corrected chi connectivity index (χ2v) is 6.77. The van der Waals surface area contributed by atoms with E-state index in [9.17, 15) is 4.79 Å². The lowest BCUT2D eigenvalue weighted by Gasteiger charge is -2.10. The summed E-state index contributed by atoms with van der Waals surface area (Å²) in [6.07, 6.45) is 3.01. The van der Waals surface area contributed by atoms with Crippen LogP contribution in [0.25, 0.3) is 0 Å². The Morgan fingerprint density at radius 3 is 2.41 bits per heavy atom. The highest BCUT2D eigenvalue weighted by Crippen LogP contribution is 2.19. The second-order valence-electron chi connectivity index (χ2n) is 6.77. The zero-order chi connectivity index (χ0) is 20.5. The molecule has 0 aliphatic heterocycles. The normalized spacial score (nSPS) is 10.6. The number of nitrogens with one attached hydrogen (secondary N) is 2. The minimum Gasteiger partial charge on any atom is -0.489 e. The summed E-state index contributed by atoms with van der Waals surface area (Å²) in [5.41, 5.74) is 2.27. The van der Waals surface area contributed by atoms with Crippen LogP contribution in [0.2, 0.25) is 0 Å². The molecule has 0 aliphatic rings. The van der Waals surface area contributed by atoms with E-state index in [1.54, 1.807) is 6.20 Å². The number of aromatic nitrogens is 2. The van der Waals surface area contributed by atoms with Crippen LogP contribution in [0.1, 0.15) is 16.1 Å². The first kappa shape index (κ1) is 20.3. The van der Waals surface area contributed by atoms with Gasteiger partial charge in [0.2, 0.25) is 0 Å². The number of amides is 1. The van der Waals surface area contributed by atoms with Crippen molar-refractivity contribution in [1.29, 1.82) is 0 Å². The van der Waals surface area contributed by atoms with E-state index in [0.29, 0.717) is 24.7 Å². The first-order chi connectivity index (χ1) is 14.1. The Kier molecular flexibility index (Phi) is 7.13. The average molecular weight is 391 g/mol. The Labute approximate surface area is 170 Å². The Hall–Kier alpha value is -3.45. The summed E-state index contributed by atoms with van der Waals surface area (Å²) in [7, 11) is 3.91. The number of hydrogen-bond donors (Lipinski definition) is 2. The fourth-order valence-electron chi connectivity index (χ4n) is 2.52. The van der Waals surface area contributed by atoms with E-state index < -0.39 is 0 Å². The number of benzene rings is 2. The molecule has 0 saturated carbocycles. The summed E-state index contributed by atoms with van der Waals surface area (Å²) in [6, 6.07) is 17.6. The van der Waals surface area contributed by atoms with Crippen LogP contribution in [-0.4, -0.2) is 48.0 Å². The third kappa shape index (κ3) is 6.58. The molecule has 1 aromatic heterocycles. The molecule has 0 unspecified atom stereocenters. The van der Waals surface area contributed by atoms with Gasteiger partial charge in [-0.2, -0.15) is 0 Å². The summed E-state index contributed by atoms with van der Waals surface area (Å²) in [4.78, 5) is 22.5. The van der Waals surface area contributed by atoms with E-state index in [2.05, 4.69) is 20.6 Å². The van der Waals surface area contributed by atoms with Crippen molar-refractivity contribution < 1.29 is 9.53 Å². The van der Waals surface area contributed by atoms with E-state index in [1.165, 1.54) is 6.20 Å². The smallest absolute Gasteiger partial charge is 0.271 e. The molecule has 150 valence electrons. The van der Waals surface area contributed by atoms with Gasteiger partial charge in [-0.1, -0.05) is 30.3 Å². The quantitative estimate of drug-likeness (QED) is 0.584. The summed E-state index contributed by atoms with van der Waals surface area (Å²) < 4.78 is 5.78. The molecule has 0 radical (unpaired) electrons. The maximum absolute atomic E-state index is 12.0. The Balaban J connectivity index is 1.50. The van der Waals surface area contributed by atoms with E-state index >= 15 is 0 Å². The van der Waals surface area contributed by atoms with Crippen LogP contribution in [0.4, 0.5) is 11.5 Å². The first-order valence-electron chi connectivity index (χ1n) is 9.39. The van der Waals surface area contributed by atoms with E-state index in [1.807, 2.05) is 73.6 Å². The van der Waals surface area contributed by atoms with Crippen molar-refractivity contribution in [2.75, 3.05) is 32.5 Å². The third-order valence-electron chi connectivity index (χ3n) is 4.10. The lowest BCUT2D eigenvalue weighted by molar-refractivity contribution is 0.0945. The van der Waals surface area contributed by atoms with Crippen molar-refractivity contribution in [3.63, 3.8) is 0 Å². The van der Waals surface area contributed by atoms with Crippen LogP contribution in [-0.2, 0) is 6.61 Å². The van der Waals surface area contributed by atoms with Gasteiger partial charge >= 0.3 is 0 Å². The number of nitrogens with zero attached hydrogens (tertiary/aromatic N) is 3. The summed E-state index contributed by atoms with van der Waals surface area (Å²) in [6.45, 7) is 1.85. The average Bonchev–Trinajstić information content (AvgIpc) is 2.74. The predicted molar refractivity (Wildman–Crippen MR) is 113 cm³/mol. The lowest BCUT2D eigenvalue weighted by Crippen LogP contribution is -2.31. The van der Waals surface area contributed by atoms with Gasteiger partial charge in [-0.3, -0.25) is 4.79 Å². The largest absolute Gasteiger partial charge is 0.489 e. The number of carbonyl (C=O) groups excluding carboxylic acids is 1. The number of hydrogen-bond acceptors (Lipinski definition) is 6. The van der Waals surface area contributed by atoms with Crippen molar-refractivity contribution in [2.24, 2.45) is 0 Å². The van der Waals surface area contributed by atoms with Gasteiger partial charge < -0.3 is 20.3 Å². The maximum Gasteiger partial charge on any atom is 0.271 e. The molecule has 1 amide bonds. The Bertz CT molecular complexity index is 897. The Morgan fingerprint density at radius 1 is 1.00 bits per heavy atom. The molecule has 2 N–H and O–H groups in total. The molecule has 0 fully saturated rings. The summed E-state index contributed by atoms with van der Waals surface area (Å²) in [5, 5.41) is 5.97. The molecule has 7 nitrogen and oxygen atoms in total. The third-order valence-corrected chi connectivity index (χ3v) is 4.10. The van der Waals surface area contributed by atoms with Crippen LogP contribution < -0.4 is 15.4 Å². The maximum atomic E-state index is 12.0. The molecule has 3 rings (SSSR count). The number of carbonyl (C=O) groups is 1. The van der Waals surface area contributed by atoms with Crippen molar-refractivity contribution in [3.8, 4) is 5.75 Å². The van der Waals surface area contributed by atoms with Crippen LogP contribution >= 0.6 is 0 Å². The first-order valence-corrected chi connectivity index (χ1v) is 9.39. The van der Waals surface area contributed by atoms with Crippen LogP contribution in [0.3, 0.4) is 0 Å². The molecule has 29 heavy (non-hydrogen) atoms. The second kappa shape index (κ2) is 10.2. The minimum absolute atomic E-state index is 0.231. The molecule has 1 heterocycles. The molecule has 0 aliphatic carbocycles. The van der Waals surface area contributed by atoms with Gasteiger partial charge in [0.05, 0.1) is 12.4 Å². The zero-order valence-corrected chi connectivity index (χ0v) is 16.6. The van der Waals surface area contributed by atoms with Crippen molar-refractivity contribution in [3.05, 3.63) is 78.2 Å². The number of ether oxygens (including phenoxy) is 1. The molecule has 0 spiro atoms. The van der Waals surface area contributed by atoms with Gasteiger partial charge in [-0.15, -0.1) is 0 Å². The highest BCUT2D eigenvalue weighted by atomic mass is 16.5. The van der Waals surface area contributed by atoms with E-state index in [-0.39, 0.29) is 5.91 Å². The Morgan fingerprint density at radius 2 is 1.76 bits per heavy atom. The fourth-order valence-corrected chi connectivity index (χ4v) is 2.52. The van der Waals surface area contributed by atoms with Crippen LogP contribution in [0, 0.1) is 0 Å². The van der Waals surface area contributed by atoms with Gasteiger partial charge in [0.25, 0.3) is 5.91 Å². The van der Waals surface area contributed by atoms with E-state index in [4.69, 9.17) is 4.74 Å². The molecule has 3 aromatic rings.